The summed E-state index contributed by atoms with van der Waals surface area (Å²) >= 11 is 0. The van der Waals surface area contributed by atoms with Gasteiger partial charge in [-0.1, -0.05) is 25.0 Å². The van der Waals surface area contributed by atoms with E-state index in [4.69, 9.17) is 0 Å². The molecule has 1 amide bonds. The lowest BCUT2D eigenvalue weighted by atomic mass is 10.1. The Hall–Kier alpha value is -1.51. The van der Waals surface area contributed by atoms with Gasteiger partial charge in [0.2, 0.25) is 5.91 Å². The predicted octanol–water partition coefficient (Wildman–Crippen LogP) is 2.83. The third-order valence-corrected chi connectivity index (χ3v) is 4.66. The van der Waals surface area contributed by atoms with E-state index in [2.05, 4.69) is 41.0 Å². The summed E-state index contributed by atoms with van der Waals surface area (Å²) in [6.45, 7) is 5.81. The zero-order valence-electron chi connectivity index (χ0n) is 12.3. The Bertz CT molecular complexity index is 472. The van der Waals surface area contributed by atoms with Crippen molar-refractivity contribution in [2.75, 3.05) is 31.1 Å². The van der Waals surface area contributed by atoms with Crippen molar-refractivity contribution in [3.63, 3.8) is 0 Å². The van der Waals surface area contributed by atoms with Gasteiger partial charge in [0.1, 0.15) is 0 Å². The first-order valence-corrected chi connectivity index (χ1v) is 7.84. The van der Waals surface area contributed by atoms with Crippen molar-refractivity contribution in [1.29, 1.82) is 0 Å². The molecule has 2 fully saturated rings. The van der Waals surface area contributed by atoms with Gasteiger partial charge in [-0.25, -0.2) is 0 Å². The highest BCUT2D eigenvalue weighted by Gasteiger charge is 2.29. The van der Waals surface area contributed by atoms with E-state index in [-0.39, 0.29) is 0 Å². The molecule has 1 aliphatic heterocycles. The summed E-state index contributed by atoms with van der Waals surface area (Å²) in [6, 6.07) is 8.64. The van der Waals surface area contributed by atoms with Crippen LogP contribution in [-0.4, -0.2) is 37.0 Å². The lowest BCUT2D eigenvalue weighted by Gasteiger charge is -2.37. The fourth-order valence-electron chi connectivity index (χ4n) is 3.44. The first kappa shape index (κ1) is 13.5. The van der Waals surface area contributed by atoms with Crippen LogP contribution in [0.3, 0.4) is 0 Å². The molecule has 1 aromatic carbocycles. The van der Waals surface area contributed by atoms with Crippen molar-refractivity contribution in [2.24, 2.45) is 5.92 Å². The van der Waals surface area contributed by atoms with Crippen LogP contribution in [0, 0.1) is 12.8 Å². The summed E-state index contributed by atoms with van der Waals surface area (Å²) in [7, 11) is 0. The number of benzene rings is 1. The molecule has 0 radical (unpaired) electrons. The van der Waals surface area contributed by atoms with Gasteiger partial charge < -0.3 is 9.80 Å². The number of rotatable bonds is 2. The van der Waals surface area contributed by atoms with Crippen LogP contribution in [0.5, 0.6) is 0 Å². The molecule has 2 aliphatic rings. The minimum absolute atomic E-state index is 0.320. The van der Waals surface area contributed by atoms with Gasteiger partial charge >= 0.3 is 0 Å². The molecular formula is C17H24N2O. The summed E-state index contributed by atoms with van der Waals surface area (Å²) < 4.78 is 0. The van der Waals surface area contributed by atoms with Gasteiger partial charge in [-0.3, -0.25) is 4.79 Å². The van der Waals surface area contributed by atoms with Crippen LogP contribution in [0.2, 0.25) is 0 Å². The Morgan fingerprint density at radius 3 is 2.45 bits per heavy atom. The highest BCUT2D eigenvalue weighted by molar-refractivity contribution is 5.79. The molecule has 1 aromatic rings. The second-order valence-corrected chi connectivity index (χ2v) is 6.13. The molecule has 0 atom stereocenters. The monoisotopic (exact) mass is 272 g/mol. The molecule has 1 saturated carbocycles. The number of hydrogen-bond acceptors (Lipinski definition) is 2. The average molecular weight is 272 g/mol. The molecule has 1 saturated heterocycles. The maximum Gasteiger partial charge on any atom is 0.225 e. The maximum atomic E-state index is 12.4. The molecular weight excluding hydrogens is 248 g/mol. The summed E-state index contributed by atoms with van der Waals surface area (Å²) in [5, 5.41) is 0. The van der Waals surface area contributed by atoms with Gasteiger partial charge in [0, 0.05) is 37.8 Å². The summed E-state index contributed by atoms with van der Waals surface area (Å²) in [6.07, 6.45) is 4.69. The molecule has 0 unspecified atom stereocenters. The van der Waals surface area contributed by atoms with Gasteiger partial charge in [0.15, 0.2) is 0 Å². The lowest BCUT2D eigenvalue weighted by molar-refractivity contribution is -0.135. The normalized spacial score (nSPS) is 20.4. The molecule has 20 heavy (non-hydrogen) atoms. The summed E-state index contributed by atoms with van der Waals surface area (Å²) in [5.41, 5.74) is 2.59. The van der Waals surface area contributed by atoms with E-state index in [1.807, 2.05) is 0 Å². The minimum atomic E-state index is 0.320. The highest BCUT2D eigenvalue weighted by Crippen LogP contribution is 2.27. The van der Waals surface area contributed by atoms with E-state index in [0.29, 0.717) is 11.8 Å². The predicted molar refractivity (Wildman–Crippen MR) is 81.9 cm³/mol. The molecule has 3 heteroatoms. The highest BCUT2D eigenvalue weighted by atomic mass is 16.2. The second-order valence-electron chi connectivity index (χ2n) is 6.13. The van der Waals surface area contributed by atoms with E-state index in [0.717, 1.165) is 39.0 Å². The fraction of sp³-hybridized carbons (Fsp3) is 0.588. The molecule has 0 spiro atoms. The first-order chi connectivity index (χ1) is 9.74. The van der Waals surface area contributed by atoms with E-state index >= 15 is 0 Å². The molecule has 0 N–H and O–H groups in total. The van der Waals surface area contributed by atoms with Crippen LogP contribution < -0.4 is 4.90 Å². The molecule has 1 aliphatic carbocycles. The molecule has 3 rings (SSSR count). The molecule has 108 valence electrons. The van der Waals surface area contributed by atoms with E-state index in [9.17, 15) is 4.79 Å². The molecule has 1 heterocycles. The van der Waals surface area contributed by atoms with Crippen LogP contribution in [0.15, 0.2) is 24.3 Å². The Balaban J connectivity index is 1.58. The summed E-state index contributed by atoms with van der Waals surface area (Å²) in [4.78, 5) is 16.9. The van der Waals surface area contributed by atoms with Gasteiger partial charge in [-0.15, -0.1) is 0 Å². The number of carbonyl (C=O) groups is 1. The van der Waals surface area contributed by atoms with Gasteiger partial charge in [-0.05, 0) is 37.5 Å². The maximum absolute atomic E-state index is 12.4. The number of amides is 1. The molecule has 3 nitrogen and oxygen atoms in total. The van der Waals surface area contributed by atoms with Crippen molar-refractivity contribution in [3.8, 4) is 0 Å². The Morgan fingerprint density at radius 1 is 1.10 bits per heavy atom. The number of carbonyl (C=O) groups excluding carboxylic acids is 1. The topological polar surface area (TPSA) is 23.6 Å². The van der Waals surface area contributed by atoms with Gasteiger partial charge in [0.25, 0.3) is 0 Å². The largest absolute Gasteiger partial charge is 0.368 e. The molecule has 0 aromatic heterocycles. The van der Waals surface area contributed by atoms with E-state index in [1.54, 1.807) is 0 Å². The van der Waals surface area contributed by atoms with Crippen molar-refractivity contribution >= 4 is 11.6 Å². The van der Waals surface area contributed by atoms with Crippen molar-refractivity contribution in [2.45, 2.75) is 32.6 Å². The van der Waals surface area contributed by atoms with E-state index < -0.39 is 0 Å². The van der Waals surface area contributed by atoms with Gasteiger partial charge in [0.05, 0.1) is 0 Å². The quantitative estimate of drug-likeness (QED) is 0.826. The van der Waals surface area contributed by atoms with Crippen LogP contribution in [0.1, 0.15) is 31.2 Å². The number of nitrogens with zero attached hydrogens (tertiary/aromatic N) is 2. The number of hydrogen-bond donors (Lipinski definition) is 0. The smallest absolute Gasteiger partial charge is 0.225 e. The zero-order chi connectivity index (χ0) is 13.9. The average Bonchev–Trinajstić information content (AvgIpc) is 3.01. The number of anilines is 1. The van der Waals surface area contributed by atoms with Gasteiger partial charge in [-0.2, -0.15) is 0 Å². The third kappa shape index (κ3) is 2.82. The Morgan fingerprint density at radius 2 is 1.80 bits per heavy atom. The Labute approximate surface area is 121 Å². The fourth-order valence-corrected chi connectivity index (χ4v) is 3.44. The van der Waals surface area contributed by atoms with Crippen LogP contribution in [-0.2, 0) is 4.79 Å². The first-order valence-electron chi connectivity index (χ1n) is 7.84. The third-order valence-electron chi connectivity index (χ3n) is 4.66. The second kappa shape index (κ2) is 5.86. The summed E-state index contributed by atoms with van der Waals surface area (Å²) in [5.74, 6) is 0.729. The van der Waals surface area contributed by atoms with E-state index in [1.165, 1.54) is 24.1 Å². The van der Waals surface area contributed by atoms with Crippen molar-refractivity contribution in [1.82, 2.24) is 4.90 Å². The van der Waals surface area contributed by atoms with Crippen molar-refractivity contribution in [3.05, 3.63) is 29.8 Å². The van der Waals surface area contributed by atoms with Crippen molar-refractivity contribution < 1.29 is 4.79 Å². The minimum Gasteiger partial charge on any atom is -0.368 e. The Kier molecular flexibility index (Phi) is 3.95. The SMILES string of the molecule is Cc1cccc(N2CCN(C(=O)C3CCCC3)CC2)c1. The van der Waals surface area contributed by atoms with Crippen LogP contribution >= 0.6 is 0 Å². The number of aryl methyl sites for hydroxylation is 1. The standard InChI is InChI=1S/C17H24N2O/c1-14-5-4-8-16(13-14)18-9-11-19(12-10-18)17(20)15-6-2-3-7-15/h4-5,8,13,15H,2-3,6-7,9-12H2,1H3. The van der Waals surface area contributed by atoms with Crippen LogP contribution in [0.4, 0.5) is 5.69 Å². The lowest BCUT2D eigenvalue weighted by Crippen LogP contribution is -2.50. The zero-order valence-corrected chi connectivity index (χ0v) is 12.3. The number of piperazine rings is 1. The molecule has 0 bridgehead atoms. The van der Waals surface area contributed by atoms with Crippen LogP contribution in [0.25, 0.3) is 0 Å².